The Morgan fingerprint density at radius 1 is 1.26 bits per heavy atom. The van der Waals surface area contributed by atoms with Gasteiger partial charge in [0.25, 0.3) is 0 Å². The first-order valence-corrected chi connectivity index (χ1v) is 13.5. The topological polar surface area (TPSA) is 72.3 Å². The molecule has 34 heavy (non-hydrogen) atoms. The maximum Gasteiger partial charge on any atom is 0.132 e. The molecule has 0 aromatic carbocycles. The van der Waals surface area contributed by atoms with E-state index < -0.39 is 0 Å². The molecule has 0 bridgehead atoms. The zero-order valence-corrected chi connectivity index (χ0v) is 23.9. The van der Waals surface area contributed by atoms with Crippen LogP contribution < -0.4 is 11.6 Å². The molecule has 0 amide bonds. The van der Waals surface area contributed by atoms with E-state index >= 15 is 0 Å². The third kappa shape index (κ3) is 12.0. The van der Waals surface area contributed by atoms with E-state index in [-0.39, 0.29) is 0 Å². The molecule has 1 heterocycles. The van der Waals surface area contributed by atoms with Gasteiger partial charge in [0.2, 0.25) is 0 Å². The molecule has 2 rings (SSSR count). The first-order chi connectivity index (χ1) is 15.8. The van der Waals surface area contributed by atoms with Crippen molar-refractivity contribution in [3.63, 3.8) is 0 Å². The maximum atomic E-state index is 10.8. The average molecular weight is 490 g/mol. The van der Waals surface area contributed by atoms with Crippen molar-refractivity contribution >= 4 is 22.8 Å². The van der Waals surface area contributed by atoms with E-state index in [4.69, 9.17) is 11.6 Å². The summed E-state index contributed by atoms with van der Waals surface area (Å²) < 4.78 is 0. The summed E-state index contributed by atoms with van der Waals surface area (Å²) >= 11 is 1.78. The zero-order chi connectivity index (χ0) is 26.5. The number of hydrogen-bond acceptors (Lipinski definition) is 5. The van der Waals surface area contributed by atoms with Crippen LogP contribution in [0.5, 0.6) is 0 Å². The fourth-order valence-corrected chi connectivity index (χ4v) is 4.85. The number of hydrazine groups is 1. The first-order valence-electron chi connectivity index (χ1n) is 12.6. The minimum absolute atomic E-state index is 0.296. The highest BCUT2D eigenvalue weighted by molar-refractivity contribution is 7.13. The molecule has 0 aliphatic heterocycles. The summed E-state index contributed by atoms with van der Waals surface area (Å²) in [6.07, 6.45) is 12.6. The maximum absolute atomic E-state index is 10.8. The predicted octanol–water partition coefficient (Wildman–Crippen LogP) is 7.95. The molecule has 4 nitrogen and oxygen atoms in total. The molecule has 2 unspecified atom stereocenters. The molecule has 1 aromatic heterocycles. The van der Waals surface area contributed by atoms with Gasteiger partial charge in [-0.2, -0.15) is 0 Å². The lowest BCUT2D eigenvalue weighted by Gasteiger charge is -2.26. The predicted molar refractivity (Wildman–Crippen MR) is 153 cm³/mol. The summed E-state index contributed by atoms with van der Waals surface area (Å²) in [5.41, 5.74) is 7.98. The Kier molecular flexibility index (Phi) is 15.1. The van der Waals surface area contributed by atoms with Gasteiger partial charge < -0.3 is 10.7 Å². The van der Waals surface area contributed by atoms with Crippen LogP contribution in [-0.2, 0) is 4.79 Å². The second-order valence-electron chi connectivity index (χ2n) is 10.5. The van der Waals surface area contributed by atoms with Crippen molar-refractivity contribution in [2.45, 2.75) is 106 Å². The summed E-state index contributed by atoms with van der Waals surface area (Å²) in [6, 6.07) is 2.64. The van der Waals surface area contributed by atoms with Gasteiger partial charge in [0, 0.05) is 28.7 Å². The normalized spacial score (nSPS) is 15.9. The molecule has 5 heteroatoms. The van der Waals surface area contributed by atoms with E-state index in [0.29, 0.717) is 34.8 Å². The van der Waals surface area contributed by atoms with E-state index in [1.807, 2.05) is 12.3 Å². The molecule has 1 aliphatic carbocycles. The van der Waals surface area contributed by atoms with Crippen LogP contribution in [0.1, 0.15) is 108 Å². The van der Waals surface area contributed by atoms with Gasteiger partial charge in [0.15, 0.2) is 0 Å². The largest absolute Gasteiger partial charge is 0.398 e. The monoisotopic (exact) mass is 489 g/mol. The van der Waals surface area contributed by atoms with Gasteiger partial charge in [-0.25, -0.2) is 5.84 Å². The lowest BCUT2D eigenvalue weighted by Crippen LogP contribution is -2.33. The number of ketones is 1. The van der Waals surface area contributed by atoms with Gasteiger partial charge in [0.05, 0.1) is 4.88 Å². The zero-order valence-electron chi connectivity index (χ0n) is 23.1. The van der Waals surface area contributed by atoms with Crippen molar-refractivity contribution in [2.24, 2.45) is 22.9 Å². The summed E-state index contributed by atoms with van der Waals surface area (Å²) in [7, 11) is 0. The highest BCUT2D eigenvalue weighted by atomic mass is 32.1. The van der Waals surface area contributed by atoms with Gasteiger partial charge in [0.1, 0.15) is 5.78 Å². The summed E-state index contributed by atoms with van der Waals surface area (Å²) in [5, 5.41) is 1.68. The molecule has 0 saturated heterocycles. The number of hydrogen-bond donors (Lipinski definition) is 2. The second-order valence-corrected chi connectivity index (χ2v) is 11.6. The van der Waals surface area contributed by atoms with Crippen LogP contribution in [0.3, 0.4) is 0 Å². The van der Waals surface area contributed by atoms with Gasteiger partial charge >= 0.3 is 0 Å². The van der Waals surface area contributed by atoms with E-state index in [1.165, 1.54) is 29.7 Å². The van der Waals surface area contributed by atoms with Crippen LogP contribution in [0, 0.1) is 18.3 Å². The van der Waals surface area contributed by atoms with Crippen LogP contribution in [0.2, 0.25) is 0 Å². The Labute approximate surface area is 214 Å². The Bertz CT molecular complexity index is 782. The summed E-state index contributed by atoms with van der Waals surface area (Å²) in [4.78, 5) is 13.3. The molecule has 0 spiro atoms. The van der Waals surface area contributed by atoms with Crippen LogP contribution in [0.15, 0.2) is 37.6 Å². The van der Waals surface area contributed by atoms with Crippen molar-refractivity contribution in [3.8, 4) is 0 Å². The van der Waals surface area contributed by atoms with Crippen LogP contribution >= 0.6 is 11.3 Å². The molecular weight excluding hydrogens is 438 g/mol. The van der Waals surface area contributed by atoms with Gasteiger partial charge in [-0.05, 0) is 69.1 Å². The number of nitrogens with zero attached hydrogens (tertiary/aromatic N) is 1. The van der Waals surface area contributed by atoms with Crippen LogP contribution in [0.25, 0.3) is 5.70 Å². The molecule has 1 fully saturated rings. The third-order valence-electron chi connectivity index (χ3n) is 6.63. The molecule has 1 aromatic rings. The van der Waals surface area contributed by atoms with Crippen LogP contribution in [0.4, 0.5) is 0 Å². The SMILES string of the molecule is C=C(N)c1sc(C(C)C(C)(C)C)cc1C.C=C/C=C\N(N)C(C)CC.CC(=O)C1CCCCC1. The molecule has 1 aliphatic rings. The number of carbonyl (C=O) groups excluding carboxylic acids is 1. The van der Waals surface area contributed by atoms with Crippen molar-refractivity contribution in [2.75, 3.05) is 0 Å². The number of carbonyl (C=O) groups is 1. The lowest BCUT2D eigenvalue weighted by atomic mass is 9.81. The smallest absolute Gasteiger partial charge is 0.132 e. The highest BCUT2D eigenvalue weighted by Gasteiger charge is 2.24. The lowest BCUT2D eigenvalue weighted by molar-refractivity contribution is -0.121. The van der Waals surface area contributed by atoms with E-state index in [0.717, 1.165) is 24.1 Å². The van der Waals surface area contributed by atoms with E-state index in [1.54, 1.807) is 29.3 Å². The molecule has 194 valence electrons. The average Bonchev–Trinajstić information content (AvgIpc) is 3.18. The fourth-order valence-electron chi connectivity index (χ4n) is 3.49. The van der Waals surface area contributed by atoms with Crippen molar-refractivity contribution in [3.05, 3.63) is 52.9 Å². The van der Waals surface area contributed by atoms with Crippen molar-refractivity contribution in [1.29, 1.82) is 0 Å². The van der Waals surface area contributed by atoms with Crippen molar-refractivity contribution < 1.29 is 4.79 Å². The molecule has 4 N–H and O–H groups in total. The summed E-state index contributed by atoms with van der Waals surface area (Å²) in [5.74, 6) is 6.98. The van der Waals surface area contributed by atoms with Gasteiger partial charge in [-0.1, -0.05) is 73.1 Å². The minimum Gasteiger partial charge on any atom is -0.398 e. The number of aryl methyl sites for hydroxylation is 1. The highest BCUT2D eigenvalue weighted by Crippen LogP contribution is 2.40. The second kappa shape index (κ2) is 15.9. The first kappa shape index (κ1) is 32.1. The van der Waals surface area contributed by atoms with Gasteiger partial charge in [-0.3, -0.25) is 4.79 Å². The standard InChI is InChI=1S/C13H21NS.C8H16N2.C8H14O/c1-8-7-11(9(2)13(4,5)6)15-12(8)10(3)14;1-4-6-7-10(9)8(3)5-2;1-7(9)8-5-3-2-4-6-8/h7,9H,3,14H2,1-2,4-6H3;4,6-8H,1,5,9H2,2-3H3;8H,2-6H2,1H3/b;7-6-;. The third-order valence-corrected chi connectivity index (χ3v) is 8.12. The number of nitrogens with two attached hydrogens (primary N) is 2. The number of allylic oxidation sites excluding steroid dienone is 2. The number of Topliss-reactive ketones (excluding diaryl/α,β-unsaturated/α-hetero) is 1. The van der Waals surface area contributed by atoms with Crippen molar-refractivity contribution in [1.82, 2.24) is 5.01 Å². The molecule has 1 saturated carbocycles. The number of thiophene rings is 1. The summed E-state index contributed by atoms with van der Waals surface area (Å²) in [6.45, 7) is 24.4. The Hall–Kier alpha value is -1.85. The van der Waals surface area contributed by atoms with Crippen LogP contribution in [-0.4, -0.2) is 16.8 Å². The number of rotatable bonds is 7. The Balaban J connectivity index is 0.000000503. The van der Waals surface area contributed by atoms with E-state index in [9.17, 15) is 4.79 Å². The Morgan fingerprint density at radius 2 is 1.82 bits per heavy atom. The molecular formula is C29H51N3OS. The van der Waals surface area contributed by atoms with E-state index in [2.05, 4.69) is 67.7 Å². The quantitative estimate of drug-likeness (QED) is 0.231. The van der Waals surface area contributed by atoms with Gasteiger partial charge in [-0.15, -0.1) is 11.3 Å². The molecule has 2 atom stereocenters. The minimum atomic E-state index is 0.296. The Morgan fingerprint density at radius 3 is 2.18 bits per heavy atom. The fraction of sp³-hybridized carbons (Fsp3) is 0.621. The molecule has 0 radical (unpaired) electrons.